The predicted molar refractivity (Wildman–Crippen MR) is 136 cm³/mol. The summed E-state index contributed by atoms with van der Waals surface area (Å²) in [6.07, 6.45) is -1.41. The first-order valence-electron chi connectivity index (χ1n) is 11.9. The van der Waals surface area contributed by atoms with Gasteiger partial charge >= 0.3 is 12.1 Å². The molecule has 3 aromatic rings. The maximum atomic E-state index is 12.9. The zero-order chi connectivity index (χ0) is 26.1. The van der Waals surface area contributed by atoms with Crippen LogP contribution in [0.5, 0.6) is 5.75 Å². The number of thioether (sulfide) groups is 1. The van der Waals surface area contributed by atoms with Crippen molar-refractivity contribution in [3.8, 4) is 17.0 Å². The minimum Gasteiger partial charge on any atom is -0.482 e. The molecule has 0 radical (unpaired) electrons. The van der Waals surface area contributed by atoms with E-state index in [1.54, 1.807) is 18.7 Å². The van der Waals surface area contributed by atoms with Crippen LogP contribution in [0.4, 0.5) is 13.2 Å². The van der Waals surface area contributed by atoms with Crippen LogP contribution < -0.4 is 4.74 Å². The number of aromatic nitrogens is 1. The minimum absolute atomic E-state index is 0.0741. The smallest absolute Gasteiger partial charge is 0.416 e. The van der Waals surface area contributed by atoms with Gasteiger partial charge in [0.05, 0.1) is 28.8 Å². The molecule has 8 heteroatoms. The predicted octanol–water partition coefficient (Wildman–Crippen LogP) is 8.04. The van der Waals surface area contributed by atoms with Gasteiger partial charge in [-0.15, -0.1) is 11.8 Å². The Morgan fingerprint density at radius 2 is 1.81 bits per heavy atom. The highest BCUT2D eigenvalue weighted by atomic mass is 32.2. The van der Waals surface area contributed by atoms with Crippen LogP contribution in [-0.4, -0.2) is 24.2 Å². The average Bonchev–Trinajstić information content (AvgIpc) is 2.86. The molecule has 0 aliphatic carbocycles. The van der Waals surface area contributed by atoms with Gasteiger partial charge in [-0.1, -0.05) is 38.0 Å². The first kappa shape index (κ1) is 27.6. The number of ether oxygens (including phenoxy) is 2. The van der Waals surface area contributed by atoms with E-state index in [4.69, 9.17) is 14.5 Å². The summed E-state index contributed by atoms with van der Waals surface area (Å²) >= 11 is 1.69. The molecule has 2 aromatic carbocycles. The highest BCUT2D eigenvalue weighted by Gasteiger charge is 2.30. The molecule has 0 aliphatic rings. The Bertz CT molecular complexity index is 1150. The van der Waals surface area contributed by atoms with Gasteiger partial charge in [-0.05, 0) is 68.3 Å². The van der Waals surface area contributed by atoms with Crippen LogP contribution in [0.3, 0.4) is 0 Å². The summed E-state index contributed by atoms with van der Waals surface area (Å²) in [6.45, 7) is 5.98. The van der Waals surface area contributed by atoms with Gasteiger partial charge in [0.2, 0.25) is 0 Å². The van der Waals surface area contributed by atoms with Crippen molar-refractivity contribution in [3.05, 3.63) is 77.5 Å². The highest BCUT2D eigenvalue weighted by molar-refractivity contribution is 7.99. The summed E-state index contributed by atoms with van der Waals surface area (Å²) in [5.74, 6) is 0.217. The van der Waals surface area contributed by atoms with Gasteiger partial charge in [0.25, 0.3) is 0 Å². The molecule has 0 unspecified atom stereocenters. The SMILES string of the molecule is CCCC[C@@H](Sc1ccc(OCC(=O)OCC)c(C)c1)c1cccc(-c2ccc(C(F)(F)F)cc2)n1. The van der Waals surface area contributed by atoms with E-state index < -0.39 is 17.7 Å². The van der Waals surface area contributed by atoms with E-state index in [1.807, 2.05) is 43.3 Å². The molecule has 192 valence electrons. The normalized spacial score (nSPS) is 12.3. The summed E-state index contributed by atoms with van der Waals surface area (Å²) < 4.78 is 49.3. The van der Waals surface area contributed by atoms with Crippen LogP contribution in [0.25, 0.3) is 11.3 Å². The van der Waals surface area contributed by atoms with Crippen molar-refractivity contribution in [1.82, 2.24) is 4.98 Å². The summed E-state index contributed by atoms with van der Waals surface area (Å²) in [7, 11) is 0. The van der Waals surface area contributed by atoms with Crippen LogP contribution in [-0.2, 0) is 15.7 Å². The molecule has 0 bridgehead atoms. The quantitative estimate of drug-likeness (QED) is 0.190. The molecule has 4 nitrogen and oxygen atoms in total. The fourth-order valence-electron chi connectivity index (χ4n) is 3.64. The van der Waals surface area contributed by atoms with E-state index in [-0.39, 0.29) is 11.9 Å². The van der Waals surface area contributed by atoms with E-state index >= 15 is 0 Å². The molecular formula is C28H30F3NO3S. The number of pyridine rings is 1. The Hall–Kier alpha value is -3.00. The van der Waals surface area contributed by atoms with E-state index in [0.717, 1.165) is 47.5 Å². The Morgan fingerprint density at radius 3 is 2.44 bits per heavy atom. The zero-order valence-electron chi connectivity index (χ0n) is 20.6. The molecule has 3 rings (SSSR count). The fraction of sp³-hybridized carbons (Fsp3) is 0.357. The van der Waals surface area contributed by atoms with Gasteiger partial charge in [-0.3, -0.25) is 4.98 Å². The summed E-state index contributed by atoms with van der Waals surface area (Å²) in [4.78, 5) is 17.4. The molecule has 0 fully saturated rings. The Morgan fingerprint density at radius 1 is 1.06 bits per heavy atom. The molecule has 0 amide bonds. The Labute approximate surface area is 214 Å². The number of carbonyl (C=O) groups is 1. The fourth-order valence-corrected chi connectivity index (χ4v) is 4.90. The standard InChI is InChI=1S/C28H30F3NO3S/c1-4-6-10-26(36-22-15-16-25(19(3)17-22)35-18-27(33)34-5-2)24-9-7-8-23(32-24)20-11-13-21(14-12-20)28(29,30)31/h7-9,11-17,26H,4-6,10,18H2,1-3H3/t26-/m1/s1. The number of nitrogens with zero attached hydrogens (tertiary/aromatic N) is 1. The Balaban J connectivity index is 1.78. The van der Waals surface area contributed by atoms with Crippen LogP contribution in [0.15, 0.2) is 65.6 Å². The molecular weight excluding hydrogens is 487 g/mol. The number of alkyl halides is 3. The molecule has 36 heavy (non-hydrogen) atoms. The van der Waals surface area contributed by atoms with Crippen molar-refractivity contribution in [2.45, 2.75) is 56.4 Å². The van der Waals surface area contributed by atoms with Crippen LogP contribution >= 0.6 is 11.8 Å². The minimum atomic E-state index is -4.37. The van der Waals surface area contributed by atoms with Gasteiger partial charge in [-0.25, -0.2) is 4.79 Å². The van der Waals surface area contributed by atoms with Crippen LogP contribution in [0, 0.1) is 6.92 Å². The monoisotopic (exact) mass is 517 g/mol. The van der Waals surface area contributed by atoms with Crippen LogP contribution in [0.2, 0.25) is 0 Å². The molecule has 1 atom stereocenters. The molecule has 1 heterocycles. The van der Waals surface area contributed by atoms with E-state index in [9.17, 15) is 18.0 Å². The average molecular weight is 518 g/mol. The van der Waals surface area contributed by atoms with Crippen molar-refractivity contribution < 1.29 is 27.4 Å². The number of hydrogen-bond donors (Lipinski definition) is 0. The lowest BCUT2D eigenvalue weighted by atomic mass is 10.1. The summed E-state index contributed by atoms with van der Waals surface area (Å²) in [5, 5.41) is 0.0741. The van der Waals surface area contributed by atoms with Crippen LogP contribution in [0.1, 0.15) is 55.2 Å². The zero-order valence-corrected chi connectivity index (χ0v) is 21.4. The molecule has 0 saturated heterocycles. The van der Waals surface area contributed by atoms with Gasteiger partial charge in [0, 0.05) is 10.5 Å². The van der Waals surface area contributed by atoms with Gasteiger partial charge < -0.3 is 9.47 Å². The second kappa shape index (κ2) is 12.8. The number of rotatable bonds is 11. The lowest BCUT2D eigenvalue weighted by Crippen LogP contribution is -2.14. The topological polar surface area (TPSA) is 48.4 Å². The van der Waals surface area contributed by atoms with Crippen molar-refractivity contribution in [2.24, 2.45) is 0 Å². The number of esters is 1. The van der Waals surface area contributed by atoms with E-state index in [1.165, 1.54) is 12.1 Å². The second-order valence-corrected chi connectivity index (χ2v) is 9.57. The third-order valence-corrected chi connectivity index (χ3v) is 6.79. The van der Waals surface area contributed by atoms with E-state index in [0.29, 0.717) is 23.6 Å². The number of hydrogen-bond acceptors (Lipinski definition) is 5. The number of halogens is 3. The number of carbonyl (C=O) groups excluding carboxylic acids is 1. The van der Waals surface area contributed by atoms with Gasteiger partial charge in [0.1, 0.15) is 5.75 Å². The first-order chi connectivity index (χ1) is 17.2. The van der Waals surface area contributed by atoms with Crippen molar-refractivity contribution >= 4 is 17.7 Å². The van der Waals surface area contributed by atoms with E-state index in [2.05, 4.69) is 6.92 Å². The second-order valence-electron chi connectivity index (χ2n) is 8.29. The van der Waals surface area contributed by atoms with Crippen molar-refractivity contribution in [3.63, 3.8) is 0 Å². The maximum absolute atomic E-state index is 12.9. The highest BCUT2D eigenvalue weighted by Crippen LogP contribution is 2.40. The van der Waals surface area contributed by atoms with Gasteiger partial charge in [-0.2, -0.15) is 13.2 Å². The van der Waals surface area contributed by atoms with Crippen molar-refractivity contribution in [1.29, 1.82) is 0 Å². The molecule has 0 saturated carbocycles. The third kappa shape index (κ3) is 7.75. The number of aryl methyl sites for hydroxylation is 1. The first-order valence-corrected chi connectivity index (χ1v) is 12.8. The third-order valence-electron chi connectivity index (χ3n) is 5.50. The Kier molecular flexibility index (Phi) is 9.81. The summed E-state index contributed by atoms with van der Waals surface area (Å²) in [6, 6.07) is 16.6. The lowest BCUT2D eigenvalue weighted by molar-refractivity contribution is -0.145. The van der Waals surface area contributed by atoms with Crippen molar-refractivity contribution in [2.75, 3.05) is 13.2 Å². The lowest BCUT2D eigenvalue weighted by Gasteiger charge is -2.18. The molecule has 0 spiro atoms. The number of benzene rings is 2. The molecule has 0 aliphatic heterocycles. The number of unbranched alkanes of at least 4 members (excludes halogenated alkanes) is 1. The van der Waals surface area contributed by atoms with Gasteiger partial charge in [0.15, 0.2) is 6.61 Å². The summed E-state index contributed by atoms with van der Waals surface area (Å²) in [5.41, 5.74) is 2.39. The maximum Gasteiger partial charge on any atom is 0.416 e. The molecule has 1 aromatic heterocycles. The largest absolute Gasteiger partial charge is 0.482 e. The molecule has 0 N–H and O–H groups in total.